The molecular weight excluding hydrogens is 529 g/mol. The molecule has 2 aromatic heterocycles. The number of benzene rings is 1. The van der Waals surface area contributed by atoms with E-state index >= 15 is 0 Å². The number of ether oxygens (including phenoxy) is 2. The van der Waals surface area contributed by atoms with Crippen LogP contribution < -0.4 is 20.3 Å². The van der Waals surface area contributed by atoms with Crippen molar-refractivity contribution in [2.45, 2.75) is 51.4 Å². The molecule has 11 nitrogen and oxygen atoms in total. The average molecular weight is 562 g/mol. The van der Waals surface area contributed by atoms with Crippen molar-refractivity contribution >= 4 is 29.3 Å². The highest BCUT2D eigenvalue weighted by atomic mass is 19.1. The first-order valence-electron chi connectivity index (χ1n) is 13.8. The van der Waals surface area contributed by atoms with Crippen molar-refractivity contribution in [1.29, 1.82) is 0 Å². The number of halogens is 1. The Bertz CT molecular complexity index is 1470. The summed E-state index contributed by atoms with van der Waals surface area (Å²) < 4.78 is 26.3. The first-order chi connectivity index (χ1) is 19.7. The summed E-state index contributed by atoms with van der Waals surface area (Å²) in [4.78, 5) is 43.5. The van der Waals surface area contributed by atoms with Gasteiger partial charge in [-0.1, -0.05) is 12.1 Å². The predicted molar refractivity (Wildman–Crippen MR) is 151 cm³/mol. The van der Waals surface area contributed by atoms with Crippen molar-refractivity contribution in [3.63, 3.8) is 0 Å². The van der Waals surface area contributed by atoms with Crippen LogP contribution in [0, 0.1) is 5.82 Å². The number of anilines is 3. The zero-order valence-electron chi connectivity index (χ0n) is 23.2. The number of amides is 3. The molecule has 41 heavy (non-hydrogen) atoms. The van der Waals surface area contributed by atoms with E-state index in [9.17, 15) is 14.0 Å². The fourth-order valence-corrected chi connectivity index (χ4v) is 5.54. The molecule has 3 aliphatic rings. The van der Waals surface area contributed by atoms with Crippen molar-refractivity contribution in [3.05, 3.63) is 54.1 Å². The lowest BCUT2D eigenvalue weighted by molar-refractivity contribution is 0.0297. The molecule has 2 bridgehead atoms. The van der Waals surface area contributed by atoms with Crippen LogP contribution in [0.25, 0.3) is 11.3 Å². The fraction of sp³-hybridized carbons (Fsp3) is 0.414. The Hall–Kier alpha value is -4.32. The summed E-state index contributed by atoms with van der Waals surface area (Å²) in [5.41, 5.74) is 1.27. The normalized spacial score (nSPS) is 21.1. The Labute approximate surface area is 237 Å². The highest BCUT2D eigenvalue weighted by molar-refractivity contribution is 6.03. The van der Waals surface area contributed by atoms with Gasteiger partial charge >= 0.3 is 6.03 Å². The molecule has 3 amide bonds. The smallest absolute Gasteiger partial charge is 0.323 e. The Morgan fingerprint density at radius 3 is 2.51 bits per heavy atom. The molecule has 1 aromatic carbocycles. The second kappa shape index (κ2) is 10.6. The van der Waals surface area contributed by atoms with Gasteiger partial charge in [0, 0.05) is 37.1 Å². The van der Waals surface area contributed by atoms with Gasteiger partial charge in [0.2, 0.25) is 11.8 Å². The lowest BCUT2D eigenvalue weighted by Gasteiger charge is -2.33. The minimum Gasteiger partial charge on any atom is -0.469 e. The molecule has 2 atom stereocenters. The van der Waals surface area contributed by atoms with Gasteiger partial charge in [-0.25, -0.2) is 14.2 Å². The van der Waals surface area contributed by atoms with Crippen LogP contribution in [-0.4, -0.2) is 75.8 Å². The summed E-state index contributed by atoms with van der Waals surface area (Å²) in [6.45, 7) is 8.07. The van der Waals surface area contributed by atoms with E-state index in [-0.39, 0.29) is 29.7 Å². The maximum atomic E-state index is 13.9. The summed E-state index contributed by atoms with van der Waals surface area (Å²) in [5, 5.41) is 5.16. The van der Waals surface area contributed by atoms with Crippen LogP contribution in [0.5, 0.6) is 5.88 Å². The number of hydrogen-bond donors (Lipinski definition) is 2. The quantitative estimate of drug-likeness (QED) is 0.472. The minimum absolute atomic E-state index is 0.0174. The van der Waals surface area contributed by atoms with E-state index in [0.29, 0.717) is 54.6 Å². The summed E-state index contributed by atoms with van der Waals surface area (Å²) in [7, 11) is 0. The number of morpholine rings is 1. The van der Waals surface area contributed by atoms with Crippen molar-refractivity contribution in [1.82, 2.24) is 19.9 Å². The van der Waals surface area contributed by atoms with Gasteiger partial charge < -0.3 is 29.9 Å². The van der Waals surface area contributed by atoms with Crippen LogP contribution in [-0.2, 0) is 4.74 Å². The number of hydrogen-bond acceptors (Lipinski definition) is 8. The number of nitrogens with one attached hydrogen (secondary N) is 2. The number of rotatable bonds is 5. The summed E-state index contributed by atoms with van der Waals surface area (Å²) in [6.07, 6.45) is 4.68. The zero-order valence-corrected chi connectivity index (χ0v) is 23.2. The Kier molecular flexibility index (Phi) is 6.94. The second-order valence-electron chi connectivity index (χ2n) is 11.1. The van der Waals surface area contributed by atoms with Gasteiger partial charge in [-0.15, -0.1) is 0 Å². The maximum Gasteiger partial charge on any atom is 0.323 e. The predicted octanol–water partition coefficient (Wildman–Crippen LogP) is 4.32. The lowest BCUT2D eigenvalue weighted by Crippen LogP contribution is -2.43. The molecular formula is C29H32FN7O4. The number of pyridine rings is 1. The molecule has 0 saturated carbocycles. The number of urea groups is 1. The monoisotopic (exact) mass is 561 g/mol. The van der Waals surface area contributed by atoms with Crippen LogP contribution in [0.15, 0.2) is 42.7 Å². The van der Waals surface area contributed by atoms with E-state index in [2.05, 4.69) is 20.5 Å². The number of carbonyl (C=O) groups is 2. The van der Waals surface area contributed by atoms with Gasteiger partial charge in [-0.2, -0.15) is 4.98 Å². The topological polar surface area (TPSA) is 122 Å². The standard InChI is InChI=1S/C29H32FN7O4/c1-4-36-16-29(2,3)41-25-23(26(36)38)24(34-27(35-25)37-14-19-9-10-20(15-37)40-19)17-5-7-18(8-6-17)32-28(39)33-22-11-12-31-13-21(22)30/h5-8,11-13,19-20H,4,9-10,14-16H2,1-3H3,(H2,31,32,33,39). The number of aromatic nitrogens is 3. The van der Waals surface area contributed by atoms with Gasteiger partial charge in [0.15, 0.2) is 5.82 Å². The van der Waals surface area contributed by atoms with Gasteiger partial charge in [0.25, 0.3) is 5.91 Å². The molecule has 2 fully saturated rings. The summed E-state index contributed by atoms with van der Waals surface area (Å²) >= 11 is 0. The van der Waals surface area contributed by atoms with Gasteiger partial charge in [-0.05, 0) is 51.8 Å². The van der Waals surface area contributed by atoms with Crippen LogP contribution in [0.1, 0.15) is 44.0 Å². The first-order valence-corrected chi connectivity index (χ1v) is 13.8. The van der Waals surface area contributed by atoms with E-state index < -0.39 is 17.4 Å². The number of fused-ring (bicyclic) bond motifs is 3. The van der Waals surface area contributed by atoms with Crippen LogP contribution in [0.2, 0.25) is 0 Å². The lowest BCUT2D eigenvalue weighted by atomic mass is 10.0. The van der Waals surface area contributed by atoms with Gasteiger partial charge in [0.05, 0.1) is 36.3 Å². The van der Waals surface area contributed by atoms with Crippen LogP contribution >= 0.6 is 0 Å². The SMILES string of the molecule is CCN1CC(C)(C)Oc2nc(N3CC4CCC(C3)O4)nc(-c3ccc(NC(=O)Nc4ccncc4F)cc3)c2C1=O. The molecule has 0 radical (unpaired) electrons. The molecule has 2 unspecified atom stereocenters. The minimum atomic E-state index is -0.653. The third-order valence-electron chi connectivity index (χ3n) is 7.45. The molecule has 3 aliphatic heterocycles. The van der Waals surface area contributed by atoms with Crippen molar-refractivity contribution in [2.75, 3.05) is 41.7 Å². The van der Waals surface area contributed by atoms with E-state index in [4.69, 9.17) is 19.4 Å². The maximum absolute atomic E-state index is 13.9. The second-order valence-corrected chi connectivity index (χ2v) is 11.1. The molecule has 12 heteroatoms. The van der Waals surface area contributed by atoms with E-state index in [1.807, 2.05) is 20.8 Å². The molecule has 214 valence electrons. The largest absolute Gasteiger partial charge is 0.469 e. The van der Waals surface area contributed by atoms with Crippen molar-refractivity contribution in [2.24, 2.45) is 0 Å². The van der Waals surface area contributed by atoms with E-state index in [1.54, 1.807) is 29.2 Å². The third kappa shape index (κ3) is 5.51. The number of carbonyl (C=O) groups excluding carboxylic acids is 2. The fourth-order valence-electron chi connectivity index (χ4n) is 5.54. The molecule has 5 heterocycles. The average Bonchev–Trinajstić information content (AvgIpc) is 3.24. The number of likely N-dealkylation sites (N-methyl/N-ethyl adjacent to an activating group) is 1. The molecule has 0 aliphatic carbocycles. The molecule has 0 spiro atoms. The van der Waals surface area contributed by atoms with Crippen molar-refractivity contribution < 1.29 is 23.5 Å². The number of nitrogens with zero attached hydrogens (tertiary/aromatic N) is 5. The zero-order chi connectivity index (χ0) is 28.7. The van der Waals surface area contributed by atoms with E-state index in [1.165, 1.54) is 12.3 Å². The van der Waals surface area contributed by atoms with E-state index in [0.717, 1.165) is 19.0 Å². The van der Waals surface area contributed by atoms with Crippen molar-refractivity contribution in [3.8, 4) is 17.1 Å². The van der Waals surface area contributed by atoms with Gasteiger partial charge in [0.1, 0.15) is 11.2 Å². The van der Waals surface area contributed by atoms with Gasteiger partial charge in [-0.3, -0.25) is 9.78 Å². The first kappa shape index (κ1) is 26.9. The van der Waals surface area contributed by atoms with Crippen LogP contribution in [0.4, 0.5) is 26.5 Å². The third-order valence-corrected chi connectivity index (χ3v) is 7.45. The Morgan fingerprint density at radius 2 is 1.83 bits per heavy atom. The summed E-state index contributed by atoms with van der Waals surface area (Å²) in [5.74, 6) is -0.0791. The highest BCUT2D eigenvalue weighted by Gasteiger charge is 2.39. The Morgan fingerprint density at radius 1 is 1.10 bits per heavy atom. The highest BCUT2D eigenvalue weighted by Crippen LogP contribution is 2.37. The molecule has 2 saturated heterocycles. The Balaban J connectivity index is 1.34. The molecule has 6 rings (SSSR count). The molecule has 3 aromatic rings. The summed E-state index contributed by atoms with van der Waals surface area (Å²) in [6, 6.07) is 7.72. The molecule has 2 N–H and O–H groups in total. The van der Waals surface area contributed by atoms with Crippen LogP contribution in [0.3, 0.4) is 0 Å².